The Kier molecular flexibility index (Phi) is 4.71. The number of rotatable bonds is 2. The SMILES string of the molecule is CN1C(=O)NC2(CCN(C(=O)/C=C/c3cccc(C(F)(F)F)c3)CC2)C1=O. The fourth-order valence-corrected chi connectivity index (χ4v) is 3.29. The van der Waals surface area contributed by atoms with Gasteiger partial charge in [0.2, 0.25) is 5.91 Å². The number of carbonyl (C=O) groups is 3. The van der Waals surface area contributed by atoms with Crippen molar-refractivity contribution in [3.63, 3.8) is 0 Å². The summed E-state index contributed by atoms with van der Waals surface area (Å²) in [6, 6.07) is 4.24. The molecule has 0 radical (unpaired) electrons. The summed E-state index contributed by atoms with van der Waals surface area (Å²) >= 11 is 0. The number of hydrogen-bond acceptors (Lipinski definition) is 3. The Balaban J connectivity index is 1.63. The van der Waals surface area contributed by atoms with E-state index in [2.05, 4.69) is 5.32 Å². The number of hydrogen-bond donors (Lipinski definition) is 1. The summed E-state index contributed by atoms with van der Waals surface area (Å²) in [7, 11) is 1.40. The predicted molar refractivity (Wildman–Crippen MR) is 90.3 cm³/mol. The molecule has 27 heavy (non-hydrogen) atoms. The zero-order chi connectivity index (χ0) is 19.8. The third-order valence-electron chi connectivity index (χ3n) is 4.93. The molecule has 3 rings (SSSR count). The fraction of sp³-hybridized carbons (Fsp3) is 0.389. The molecule has 0 atom stereocenters. The van der Waals surface area contributed by atoms with E-state index in [-0.39, 0.29) is 30.5 Å². The van der Waals surface area contributed by atoms with Gasteiger partial charge in [0, 0.05) is 26.2 Å². The average molecular weight is 381 g/mol. The van der Waals surface area contributed by atoms with Crippen LogP contribution in [0, 0.1) is 0 Å². The van der Waals surface area contributed by atoms with Crippen molar-refractivity contribution in [1.82, 2.24) is 15.1 Å². The number of benzene rings is 1. The molecule has 2 aliphatic heterocycles. The molecule has 0 saturated carbocycles. The molecule has 2 aliphatic rings. The Morgan fingerprint density at radius 1 is 1.22 bits per heavy atom. The molecule has 9 heteroatoms. The molecule has 1 aromatic carbocycles. The molecule has 144 valence electrons. The molecule has 6 nitrogen and oxygen atoms in total. The monoisotopic (exact) mass is 381 g/mol. The molecule has 2 saturated heterocycles. The minimum absolute atomic E-state index is 0.269. The summed E-state index contributed by atoms with van der Waals surface area (Å²) in [4.78, 5) is 38.7. The first-order valence-electron chi connectivity index (χ1n) is 8.37. The molecule has 1 aromatic rings. The van der Waals surface area contributed by atoms with Crippen LogP contribution in [0.3, 0.4) is 0 Å². The summed E-state index contributed by atoms with van der Waals surface area (Å²) in [5, 5.41) is 2.68. The number of nitrogens with one attached hydrogen (secondary N) is 1. The summed E-state index contributed by atoms with van der Waals surface area (Å²) in [5.41, 5.74) is -1.48. The normalized spacial score (nSPS) is 19.9. The molecule has 1 N–H and O–H groups in total. The Labute approximate surface area is 153 Å². The van der Waals surface area contributed by atoms with E-state index in [1.165, 1.54) is 36.2 Å². The number of likely N-dealkylation sites (tertiary alicyclic amines) is 1. The second-order valence-corrected chi connectivity index (χ2v) is 6.66. The maximum atomic E-state index is 12.7. The summed E-state index contributed by atoms with van der Waals surface area (Å²) in [6.45, 7) is 0.539. The van der Waals surface area contributed by atoms with E-state index in [0.717, 1.165) is 17.0 Å². The maximum absolute atomic E-state index is 12.7. The van der Waals surface area contributed by atoms with Gasteiger partial charge in [-0.1, -0.05) is 12.1 Å². The Morgan fingerprint density at radius 2 is 1.89 bits per heavy atom. The van der Waals surface area contributed by atoms with Crippen molar-refractivity contribution >= 4 is 23.9 Å². The van der Waals surface area contributed by atoms with Crippen molar-refractivity contribution in [1.29, 1.82) is 0 Å². The van der Waals surface area contributed by atoms with Gasteiger partial charge in [-0.3, -0.25) is 14.5 Å². The Hall–Kier alpha value is -2.84. The maximum Gasteiger partial charge on any atom is 0.416 e. The van der Waals surface area contributed by atoms with Crippen molar-refractivity contribution in [3.8, 4) is 0 Å². The number of nitrogens with zero attached hydrogens (tertiary/aromatic N) is 2. The largest absolute Gasteiger partial charge is 0.416 e. The minimum Gasteiger partial charge on any atom is -0.339 e. The Morgan fingerprint density at radius 3 is 2.44 bits per heavy atom. The molecule has 0 aliphatic carbocycles. The van der Waals surface area contributed by atoms with Crippen LogP contribution in [0.1, 0.15) is 24.0 Å². The average Bonchev–Trinajstić information content (AvgIpc) is 2.84. The molecule has 0 bridgehead atoms. The number of alkyl halides is 3. The van der Waals surface area contributed by atoms with Crippen molar-refractivity contribution in [2.75, 3.05) is 20.1 Å². The first-order valence-corrected chi connectivity index (χ1v) is 8.37. The van der Waals surface area contributed by atoms with Gasteiger partial charge >= 0.3 is 12.2 Å². The van der Waals surface area contributed by atoms with Gasteiger partial charge < -0.3 is 10.2 Å². The van der Waals surface area contributed by atoms with Gasteiger partial charge in [-0.05, 0) is 36.6 Å². The molecule has 0 aromatic heterocycles. The van der Waals surface area contributed by atoms with Gasteiger partial charge in [-0.2, -0.15) is 13.2 Å². The van der Waals surface area contributed by atoms with Crippen LogP contribution >= 0.6 is 0 Å². The van der Waals surface area contributed by atoms with Crippen molar-refractivity contribution in [3.05, 3.63) is 41.5 Å². The smallest absolute Gasteiger partial charge is 0.339 e. The first kappa shape index (κ1) is 18.9. The van der Waals surface area contributed by atoms with Crippen LogP contribution in [0.2, 0.25) is 0 Å². The van der Waals surface area contributed by atoms with Gasteiger partial charge in [-0.15, -0.1) is 0 Å². The summed E-state index contributed by atoms with van der Waals surface area (Å²) in [5.74, 6) is -0.661. The van der Waals surface area contributed by atoms with Crippen LogP contribution in [-0.2, 0) is 15.8 Å². The van der Waals surface area contributed by atoms with Gasteiger partial charge in [0.05, 0.1) is 5.56 Å². The lowest BCUT2D eigenvalue weighted by molar-refractivity contribution is -0.137. The molecule has 2 heterocycles. The quantitative estimate of drug-likeness (QED) is 0.631. The number of likely N-dealkylation sites (N-methyl/N-ethyl adjacent to an activating group) is 1. The number of imide groups is 1. The second-order valence-electron chi connectivity index (χ2n) is 6.66. The lowest BCUT2D eigenvalue weighted by Crippen LogP contribution is -2.55. The number of amides is 4. The second kappa shape index (κ2) is 6.71. The van der Waals surface area contributed by atoms with E-state index in [0.29, 0.717) is 12.8 Å². The minimum atomic E-state index is -4.44. The van der Waals surface area contributed by atoms with Crippen LogP contribution in [0.25, 0.3) is 6.08 Å². The molecule has 4 amide bonds. The van der Waals surface area contributed by atoms with Crippen LogP contribution in [0.4, 0.5) is 18.0 Å². The zero-order valence-electron chi connectivity index (χ0n) is 14.5. The molecule has 1 spiro atoms. The lowest BCUT2D eigenvalue weighted by Gasteiger charge is -2.36. The zero-order valence-corrected chi connectivity index (χ0v) is 14.5. The summed E-state index contributed by atoms with van der Waals surface area (Å²) in [6.07, 6.45) is -1.30. The topological polar surface area (TPSA) is 69.7 Å². The number of piperidine rings is 1. The number of carbonyl (C=O) groups excluding carboxylic acids is 3. The molecular weight excluding hydrogens is 363 g/mol. The van der Waals surface area contributed by atoms with E-state index < -0.39 is 23.3 Å². The van der Waals surface area contributed by atoms with Crippen LogP contribution in [-0.4, -0.2) is 53.3 Å². The first-order chi connectivity index (χ1) is 12.6. The molecule has 0 unspecified atom stereocenters. The highest BCUT2D eigenvalue weighted by molar-refractivity contribution is 6.07. The number of halogens is 3. The van der Waals surface area contributed by atoms with Gasteiger partial charge in [-0.25, -0.2) is 4.79 Å². The third kappa shape index (κ3) is 3.67. The molecule has 2 fully saturated rings. The highest BCUT2D eigenvalue weighted by Gasteiger charge is 2.51. The van der Waals surface area contributed by atoms with E-state index in [1.54, 1.807) is 0 Å². The Bertz CT molecular complexity index is 812. The highest BCUT2D eigenvalue weighted by Crippen LogP contribution is 2.30. The van der Waals surface area contributed by atoms with Gasteiger partial charge in [0.1, 0.15) is 5.54 Å². The van der Waals surface area contributed by atoms with E-state index in [9.17, 15) is 27.6 Å². The van der Waals surface area contributed by atoms with Crippen LogP contribution in [0.15, 0.2) is 30.3 Å². The fourth-order valence-electron chi connectivity index (χ4n) is 3.29. The van der Waals surface area contributed by atoms with Gasteiger partial charge in [0.25, 0.3) is 5.91 Å². The van der Waals surface area contributed by atoms with Crippen LogP contribution in [0.5, 0.6) is 0 Å². The van der Waals surface area contributed by atoms with E-state index in [1.807, 2.05) is 0 Å². The van der Waals surface area contributed by atoms with E-state index >= 15 is 0 Å². The highest BCUT2D eigenvalue weighted by atomic mass is 19.4. The van der Waals surface area contributed by atoms with Crippen LogP contribution < -0.4 is 5.32 Å². The van der Waals surface area contributed by atoms with Crippen molar-refractivity contribution in [2.24, 2.45) is 0 Å². The van der Waals surface area contributed by atoms with Crippen molar-refractivity contribution in [2.45, 2.75) is 24.6 Å². The van der Waals surface area contributed by atoms with E-state index in [4.69, 9.17) is 0 Å². The standard InChI is InChI=1S/C18H18F3N3O3/c1-23-15(26)17(22-16(23)27)7-9-24(10-8-17)14(25)6-5-12-3-2-4-13(11-12)18(19,20)21/h2-6,11H,7-10H2,1H3,(H,22,27)/b6-5+. The summed E-state index contributed by atoms with van der Waals surface area (Å²) < 4.78 is 38.2. The van der Waals surface area contributed by atoms with Gasteiger partial charge in [0.15, 0.2) is 0 Å². The predicted octanol–water partition coefficient (Wildman–Crippen LogP) is 2.26. The third-order valence-corrected chi connectivity index (χ3v) is 4.93. The lowest BCUT2D eigenvalue weighted by atomic mass is 9.87. The number of urea groups is 1. The van der Waals surface area contributed by atoms with Crippen molar-refractivity contribution < 1.29 is 27.6 Å². The molecular formula is C18H18F3N3O3.